The van der Waals surface area contributed by atoms with Gasteiger partial charge in [0.25, 0.3) is 0 Å². The minimum Gasteiger partial charge on any atom is -0.326 e. The minimum absolute atomic E-state index is 0.399. The molecule has 0 amide bonds. The molecule has 112 valence electrons. The number of nitrogens with two attached hydrogens (primary N) is 1. The van der Waals surface area contributed by atoms with Gasteiger partial charge in [-0.15, -0.1) is 0 Å². The van der Waals surface area contributed by atoms with Crippen molar-refractivity contribution in [3.05, 3.63) is 0 Å². The van der Waals surface area contributed by atoms with Crippen molar-refractivity contribution in [2.75, 3.05) is 27.2 Å². The van der Waals surface area contributed by atoms with Gasteiger partial charge in [-0.1, -0.05) is 13.8 Å². The predicted molar refractivity (Wildman–Crippen MR) is 82.2 cm³/mol. The smallest absolute Gasteiger partial charge is 0.0250 e. The van der Waals surface area contributed by atoms with E-state index in [0.29, 0.717) is 12.1 Å². The fraction of sp³-hybridized carbons (Fsp3) is 1.00. The van der Waals surface area contributed by atoms with E-state index in [2.05, 4.69) is 37.7 Å². The molecular formula is C16H33N3. The van der Waals surface area contributed by atoms with Crippen LogP contribution in [0.25, 0.3) is 0 Å². The molecular weight excluding hydrogens is 234 g/mol. The van der Waals surface area contributed by atoms with E-state index in [1.54, 1.807) is 0 Å². The highest BCUT2D eigenvalue weighted by atomic mass is 15.2. The van der Waals surface area contributed by atoms with Gasteiger partial charge in [0.1, 0.15) is 0 Å². The number of likely N-dealkylation sites (N-methyl/N-ethyl adjacent to an activating group) is 1. The average molecular weight is 267 g/mol. The van der Waals surface area contributed by atoms with Crippen molar-refractivity contribution in [2.45, 2.75) is 64.1 Å². The summed E-state index contributed by atoms with van der Waals surface area (Å²) >= 11 is 0. The first-order valence-electron chi connectivity index (χ1n) is 8.15. The zero-order valence-electron chi connectivity index (χ0n) is 13.3. The van der Waals surface area contributed by atoms with Crippen LogP contribution in [-0.2, 0) is 0 Å². The van der Waals surface area contributed by atoms with Crippen LogP contribution in [0.5, 0.6) is 0 Å². The molecule has 4 atom stereocenters. The van der Waals surface area contributed by atoms with Gasteiger partial charge < -0.3 is 10.6 Å². The van der Waals surface area contributed by atoms with Gasteiger partial charge in [-0.25, -0.2) is 0 Å². The SMILES string of the molecule is CC(C)C1CCC(N)C(N2CCCC(N(C)C)C2)C1. The summed E-state index contributed by atoms with van der Waals surface area (Å²) in [5, 5.41) is 0. The van der Waals surface area contributed by atoms with Crippen molar-refractivity contribution in [2.24, 2.45) is 17.6 Å². The zero-order chi connectivity index (χ0) is 14.0. The molecule has 1 aliphatic carbocycles. The van der Waals surface area contributed by atoms with Crippen molar-refractivity contribution in [3.63, 3.8) is 0 Å². The molecule has 0 aromatic rings. The van der Waals surface area contributed by atoms with Gasteiger partial charge in [0.05, 0.1) is 0 Å². The Kier molecular flexibility index (Phi) is 5.27. The number of nitrogens with zero attached hydrogens (tertiary/aromatic N) is 2. The van der Waals surface area contributed by atoms with Gasteiger partial charge in [0.15, 0.2) is 0 Å². The van der Waals surface area contributed by atoms with Crippen LogP contribution >= 0.6 is 0 Å². The van der Waals surface area contributed by atoms with E-state index in [4.69, 9.17) is 5.73 Å². The molecule has 0 spiro atoms. The van der Waals surface area contributed by atoms with E-state index < -0.39 is 0 Å². The van der Waals surface area contributed by atoms with Crippen LogP contribution in [0, 0.1) is 11.8 Å². The second-order valence-electron chi connectivity index (χ2n) is 7.30. The second-order valence-corrected chi connectivity index (χ2v) is 7.30. The first-order chi connectivity index (χ1) is 8.99. The van der Waals surface area contributed by atoms with Gasteiger partial charge in [-0.2, -0.15) is 0 Å². The van der Waals surface area contributed by atoms with Crippen LogP contribution in [0.2, 0.25) is 0 Å². The fourth-order valence-corrected chi connectivity index (χ4v) is 3.93. The summed E-state index contributed by atoms with van der Waals surface area (Å²) in [7, 11) is 4.43. The second kappa shape index (κ2) is 6.55. The number of piperidine rings is 1. The molecule has 1 heterocycles. The molecule has 0 radical (unpaired) electrons. The summed E-state index contributed by atoms with van der Waals surface area (Å²) in [4.78, 5) is 5.09. The zero-order valence-corrected chi connectivity index (χ0v) is 13.3. The van der Waals surface area contributed by atoms with E-state index in [0.717, 1.165) is 17.9 Å². The summed E-state index contributed by atoms with van der Waals surface area (Å²) in [5.41, 5.74) is 6.44. The van der Waals surface area contributed by atoms with Gasteiger partial charge in [-0.05, 0) is 64.6 Å². The minimum atomic E-state index is 0.399. The van der Waals surface area contributed by atoms with Crippen LogP contribution < -0.4 is 5.73 Å². The molecule has 0 bridgehead atoms. The lowest BCUT2D eigenvalue weighted by Gasteiger charge is -2.46. The maximum absolute atomic E-state index is 6.44. The summed E-state index contributed by atoms with van der Waals surface area (Å²) in [6, 6.07) is 1.75. The van der Waals surface area contributed by atoms with E-state index in [9.17, 15) is 0 Å². The van der Waals surface area contributed by atoms with Crippen molar-refractivity contribution in [1.82, 2.24) is 9.80 Å². The Hall–Kier alpha value is -0.120. The van der Waals surface area contributed by atoms with Crippen LogP contribution in [0.4, 0.5) is 0 Å². The first-order valence-corrected chi connectivity index (χ1v) is 8.15. The Morgan fingerprint density at radius 1 is 1.16 bits per heavy atom. The summed E-state index contributed by atoms with van der Waals surface area (Å²) in [6.07, 6.45) is 6.55. The summed E-state index contributed by atoms with van der Waals surface area (Å²) in [6.45, 7) is 7.22. The third kappa shape index (κ3) is 3.71. The molecule has 2 fully saturated rings. The maximum Gasteiger partial charge on any atom is 0.0250 e. The van der Waals surface area contributed by atoms with Gasteiger partial charge in [-0.3, -0.25) is 4.90 Å². The standard InChI is InChI=1S/C16H33N3/c1-12(2)13-7-8-15(17)16(10-13)19-9-5-6-14(11-19)18(3)4/h12-16H,5-11,17H2,1-4H3. The molecule has 19 heavy (non-hydrogen) atoms. The molecule has 2 N–H and O–H groups in total. The third-order valence-corrected chi connectivity index (χ3v) is 5.48. The van der Waals surface area contributed by atoms with Gasteiger partial charge in [0.2, 0.25) is 0 Å². The largest absolute Gasteiger partial charge is 0.326 e. The molecule has 3 nitrogen and oxygen atoms in total. The molecule has 1 saturated carbocycles. The third-order valence-electron chi connectivity index (χ3n) is 5.48. The average Bonchev–Trinajstić information content (AvgIpc) is 2.39. The molecule has 1 saturated heterocycles. The highest BCUT2D eigenvalue weighted by Gasteiger charge is 2.35. The Labute approximate surface area is 119 Å². The highest BCUT2D eigenvalue weighted by molar-refractivity contribution is 4.93. The Bertz CT molecular complexity index is 277. The molecule has 0 aromatic heterocycles. The summed E-state index contributed by atoms with van der Waals surface area (Å²) < 4.78 is 0. The molecule has 3 heteroatoms. The lowest BCUT2D eigenvalue weighted by Crippen LogP contribution is -2.57. The van der Waals surface area contributed by atoms with Crippen molar-refractivity contribution < 1.29 is 0 Å². The number of hydrogen-bond acceptors (Lipinski definition) is 3. The highest BCUT2D eigenvalue weighted by Crippen LogP contribution is 2.33. The van der Waals surface area contributed by atoms with Crippen molar-refractivity contribution in [3.8, 4) is 0 Å². The van der Waals surface area contributed by atoms with Gasteiger partial charge >= 0.3 is 0 Å². The monoisotopic (exact) mass is 267 g/mol. The Balaban J connectivity index is 1.98. The van der Waals surface area contributed by atoms with Crippen molar-refractivity contribution in [1.29, 1.82) is 0 Å². The maximum atomic E-state index is 6.44. The predicted octanol–water partition coefficient (Wildman–Crippen LogP) is 2.16. The molecule has 2 rings (SSSR count). The fourth-order valence-electron chi connectivity index (χ4n) is 3.93. The molecule has 2 aliphatic rings. The molecule has 4 unspecified atom stereocenters. The molecule has 1 aliphatic heterocycles. The van der Waals surface area contributed by atoms with E-state index >= 15 is 0 Å². The number of rotatable bonds is 3. The number of likely N-dealkylation sites (tertiary alicyclic amines) is 1. The van der Waals surface area contributed by atoms with Crippen LogP contribution in [-0.4, -0.2) is 55.1 Å². The lowest BCUT2D eigenvalue weighted by molar-refractivity contribution is 0.0483. The molecule has 0 aromatic carbocycles. The Morgan fingerprint density at radius 2 is 1.89 bits per heavy atom. The summed E-state index contributed by atoms with van der Waals surface area (Å²) in [5.74, 6) is 1.69. The van der Waals surface area contributed by atoms with E-state index in [1.165, 1.54) is 45.2 Å². The van der Waals surface area contributed by atoms with Crippen molar-refractivity contribution >= 4 is 0 Å². The van der Waals surface area contributed by atoms with Crippen LogP contribution in [0.1, 0.15) is 46.0 Å². The first kappa shape index (κ1) is 15.3. The number of hydrogen-bond donors (Lipinski definition) is 1. The normalized spacial score (nSPS) is 38.1. The van der Waals surface area contributed by atoms with Crippen LogP contribution in [0.3, 0.4) is 0 Å². The topological polar surface area (TPSA) is 32.5 Å². The van der Waals surface area contributed by atoms with Crippen LogP contribution in [0.15, 0.2) is 0 Å². The van der Waals surface area contributed by atoms with Gasteiger partial charge in [0, 0.05) is 24.7 Å². The van der Waals surface area contributed by atoms with E-state index in [1.807, 2.05) is 0 Å². The van der Waals surface area contributed by atoms with E-state index in [-0.39, 0.29) is 0 Å². The lowest BCUT2D eigenvalue weighted by atomic mass is 9.76. The quantitative estimate of drug-likeness (QED) is 0.850. The Morgan fingerprint density at radius 3 is 2.53 bits per heavy atom.